The highest BCUT2D eigenvalue weighted by atomic mass is 19.4. The van der Waals surface area contributed by atoms with E-state index in [1.54, 1.807) is 6.07 Å². The fraction of sp³-hybridized carbons (Fsp3) is 0.267. The van der Waals surface area contributed by atoms with Crippen LogP contribution in [-0.2, 0) is 19.1 Å². The number of hydrogen-bond acceptors (Lipinski definition) is 5. The maximum Gasteiger partial charge on any atom is 0.421 e. The van der Waals surface area contributed by atoms with Gasteiger partial charge in [-0.15, -0.1) is 0 Å². The predicted octanol–water partition coefficient (Wildman–Crippen LogP) is 2.81. The first-order valence-electron chi connectivity index (χ1n) is 6.82. The summed E-state index contributed by atoms with van der Waals surface area (Å²) >= 11 is 0. The molecule has 5 nitrogen and oxygen atoms in total. The van der Waals surface area contributed by atoms with Crippen LogP contribution in [0.4, 0.5) is 13.2 Å². The van der Waals surface area contributed by atoms with E-state index in [9.17, 15) is 13.2 Å². The lowest BCUT2D eigenvalue weighted by Crippen LogP contribution is -2.25. The highest BCUT2D eigenvalue weighted by Crippen LogP contribution is 2.40. The fourth-order valence-corrected chi connectivity index (χ4v) is 2.45. The molecule has 0 amide bonds. The first-order chi connectivity index (χ1) is 11.0. The van der Waals surface area contributed by atoms with Crippen LogP contribution in [0, 0.1) is 11.3 Å². The molecular weight excluding hydrogens is 309 g/mol. The van der Waals surface area contributed by atoms with E-state index < -0.39 is 23.1 Å². The number of nitriles is 1. The highest BCUT2D eigenvalue weighted by molar-refractivity contribution is 5.50. The number of benzene rings is 1. The average Bonchev–Trinajstić information content (AvgIpc) is 2.54. The Labute approximate surface area is 129 Å². The topological polar surface area (TPSA) is 70.8 Å². The molecule has 0 saturated heterocycles. The molecule has 1 aromatic carbocycles. The zero-order valence-electron chi connectivity index (χ0n) is 11.8. The molecule has 1 N–H and O–H groups in total. The number of aromatic nitrogens is 2. The van der Waals surface area contributed by atoms with Gasteiger partial charge in [-0.3, -0.25) is 0 Å². The summed E-state index contributed by atoms with van der Waals surface area (Å²) < 4.78 is 45.2. The number of halogens is 3. The van der Waals surface area contributed by atoms with E-state index in [0.29, 0.717) is 30.8 Å². The maximum absolute atomic E-state index is 13.3. The second-order valence-electron chi connectivity index (χ2n) is 4.92. The van der Waals surface area contributed by atoms with E-state index in [2.05, 4.69) is 15.3 Å². The Bertz CT molecular complexity index is 783. The molecule has 0 bridgehead atoms. The lowest BCUT2D eigenvalue weighted by molar-refractivity contribution is -0.138. The molecule has 3 rings (SSSR count). The Morgan fingerprint density at radius 3 is 2.83 bits per heavy atom. The first kappa shape index (κ1) is 15.2. The van der Waals surface area contributed by atoms with Gasteiger partial charge >= 0.3 is 6.18 Å². The molecule has 0 fully saturated rings. The molecule has 1 aromatic heterocycles. The van der Waals surface area contributed by atoms with Crippen molar-refractivity contribution in [3.63, 3.8) is 0 Å². The Balaban J connectivity index is 2.07. The molecule has 0 radical (unpaired) electrons. The van der Waals surface area contributed by atoms with Gasteiger partial charge in [0.25, 0.3) is 0 Å². The van der Waals surface area contributed by atoms with E-state index in [1.165, 1.54) is 18.5 Å². The van der Waals surface area contributed by atoms with E-state index in [0.717, 1.165) is 6.07 Å². The summed E-state index contributed by atoms with van der Waals surface area (Å²) in [4.78, 5) is 8.05. The lowest BCUT2D eigenvalue weighted by atomic mass is 10.1. The largest absolute Gasteiger partial charge is 0.438 e. The van der Waals surface area contributed by atoms with Gasteiger partial charge in [-0.2, -0.15) is 18.4 Å². The van der Waals surface area contributed by atoms with Crippen molar-refractivity contribution in [3.05, 3.63) is 46.9 Å². The molecule has 2 heterocycles. The average molecular weight is 320 g/mol. The van der Waals surface area contributed by atoms with E-state index in [-0.39, 0.29) is 5.88 Å². The van der Waals surface area contributed by atoms with Gasteiger partial charge in [-0.25, -0.2) is 9.97 Å². The normalized spacial score (nSPS) is 14.0. The Morgan fingerprint density at radius 1 is 1.26 bits per heavy atom. The molecule has 23 heavy (non-hydrogen) atoms. The number of fused-ring (bicyclic) bond motifs is 1. The van der Waals surface area contributed by atoms with Crippen molar-refractivity contribution in [2.75, 3.05) is 6.54 Å². The highest BCUT2D eigenvalue weighted by Gasteiger charge is 2.38. The molecule has 0 unspecified atom stereocenters. The second-order valence-corrected chi connectivity index (χ2v) is 4.92. The third-order valence-electron chi connectivity index (χ3n) is 3.48. The number of nitrogens with zero attached hydrogens (tertiary/aromatic N) is 3. The number of alkyl halides is 3. The monoisotopic (exact) mass is 320 g/mol. The predicted molar refractivity (Wildman–Crippen MR) is 73.7 cm³/mol. The van der Waals surface area contributed by atoms with Crippen LogP contribution >= 0.6 is 0 Å². The Hall–Kier alpha value is -2.66. The van der Waals surface area contributed by atoms with Crippen LogP contribution < -0.4 is 10.1 Å². The van der Waals surface area contributed by atoms with E-state index in [1.807, 2.05) is 0 Å². The van der Waals surface area contributed by atoms with E-state index in [4.69, 9.17) is 10.00 Å². The molecule has 118 valence electrons. The SMILES string of the molecule is N#Cc1cccc(Oc2ncnc3c2CCNC3)c1C(F)(F)F. The van der Waals surface area contributed by atoms with Crippen molar-refractivity contribution in [3.8, 4) is 17.7 Å². The van der Waals surface area contributed by atoms with Crippen molar-refractivity contribution >= 4 is 0 Å². The number of ether oxygens (including phenoxy) is 1. The number of nitrogens with one attached hydrogen (secondary N) is 1. The molecule has 1 aliphatic heterocycles. The lowest BCUT2D eigenvalue weighted by Gasteiger charge is -2.20. The standard InChI is InChI=1S/C15H11F3N4O/c16-15(17,18)13-9(6-19)2-1-3-12(13)23-14-10-4-5-20-7-11(10)21-8-22-14/h1-3,8,20H,4-5,7H2. The van der Waals surface area contributed by atoms with Gasteiger partial charge in [0.1, 0.15) is 17.6 Å². The van der Waals surface area contributed by atoms with Crippen molar-refractivity contribution in [2.24, 2.45) is 0 Å². The molecule has 2 aromatic rings. The zero-order chi connectivity index (χ0) is 16.4. The molecule has 0 saturated carbocycles. The summed E-state index contributed by atoms with van der Waals surface area (Å²) in [6.07, 6.45) is -2.89. The van der Waals surface area contributed by atoms with Crippen LogP contribution in [0.15, 0.2) is 24.5 Å². The van der Waals surface area contributed by atoms with Crippen LogP contribution in [0.3, 0.4) is 0 Å². The molecule has 0 atom stereocenters. The zero-order valence-corrected chi connectivity index (χ0v) is 11.8. The molecular formula is C15H11F3N4O. The summed E-state index contributed by atoms with van der Waals surface area (Å²) in [5.74, 6) is -0.340. The summed E-state index contributed by atoms with van der Waals surface area (Å²) in [7, 11) is 0. The van der Waals surface area contributed by atoms with Gasteiger partial charge in [0.15, 0.2) is 0 Å². The van der Waals surface area contributed by atoms with Gasteiger partial charge in [0.05, 0.1) is 17.3 Å². The van der Waals surface area contributed by atoms with Crippen molar-refractivity contribution < 1.29 is 17.9 Å². The van der Waals surface area contributed by atoms with Gasteiger partial charge in [0.2, 0.25) is 5.88 Å². The van der Waals surface area contributed by atoms with Crippen molar-refractivity contribution in [1.29, 1.82) is 5.26 Å². The van der Waals surface area contributed by atoms with Crippen molar-refractivity contribution in [1.82, 2.24) is 15.3 Å². The second kappa shape index (κ2) is 5.85. The third-order valence-corrected chi connectivity index (χ3v) is 3.48. The number of hydrogen-bond donors (Lipinski definition) is 1. The Morgan fingerprint density at radius 2 is 2.09 bits per heavy atom. The molecule has 1 aliphatic rings. The van der Waals surface area contributed by atoms with Crippen molar-refractivity contribution in [2.45, 2.75) is 19.1 Å². The minimum atomic E-state index is -4.70. The van der Waals surface area contributed by atoms with Gasteiger partial charge in [-0.1, -0.05) is 6.07 Å². The summed E-state index contributed by atoms with van der Waals surface area (Å²) in [6, 6.07) is 5.18. The third kappa shape index (κ3) is 2.96. The summed E-state index contributed by atoms with van der Waals surface area (Å²) in [5.41, 5.74) is -0.198. The van der Waals surface area contributed by atoms with Gasteiger partial charge < -0.3 is 10.1 Å². The van der Waals surface area contributed by atoms with Gasteiger partial charge in [-0.05, 0) is 25.1 Å². The minimum Gasteiger partial charge on any atom is -0.438 e. The Kier molecular flexibility index (Phi) is 3.88. The van der Waals surface area contributed by atoms with Crippen LogP contribution in [0.1, 0.15) is 22.4 Å². The van der Waals surface area contributed by atoms with Crippen LogP contribution in [0.2, 0.25) is 0 Å². The fourth-order valence-electron chi connectivity index (χ4n) is 2.45. The molecule has 8 heteroatoms. The number of rotatable bonds is 2. The van der Waals surface area contributed by atoms with E-state index >= 15 is 0 Å². The smallest absolute Gasteiger partial charge is 0.421 e. The summed E-state index contributed by atoms with van der Waals surface area (Å²) in [5, 5.41) is 12.0. The molecule has 0 spiro atoms. The van der Waals surface area contributed by atoms with Crippen LogP contribution in [0.25, 0.3) is 0 Å². The quantitative estimate of drug-likeness (QED) is 0.921. The first-order valence-corrected chi connectivity index (χ1v) is 6.82. The maximum atomic E-state index is 13.3. The minimum absolute atomic E-state index is 0.0945. The van der Waals surface area contributed by atoms with Gasteiger partial charge in [0, 0.05) is 12.1 Å². The van der Waals surface area contributed by atoms with Crippen LogP contribution in [-0.4, -0.2) is 16.5 Å². The molecule has 0 aliphatic carbocycles. The van der Waals surface area contributed by atoms with Crippen LogP contribution in [0.5, 0.6) is 11.6 Å². The summed E-state index contributed by atoms with van der Waals surface area (Å²) in [6.45, 7) is 1.18.